The fourth-order valence-corrected chi connectivity index (χ4v) is 3.14. The molecule has 0 radical (unpaired) electrons. The normalized spacial score (nSPS) is 15.0. The van der Waals surface area contributed by atoms with Gasteiger partial charge in [0.05, 0.1) is 10.8 Å². The van der Waals surface area contributed by atoms with Crippen molar-refractivity contribution in [3.63, 3.8) is 0 Å². The Kier molecular flexibility index (Phi) is 7.91. The Morgan fingerprint density at radius 2 is 1.83 bits per heavy atom. The van der Waals surface area contributed by atoms with Crippen molar-refractivity contribution in [2.45, 2.75) is 43.7 Å². The number of nitrogens with one attached hydrogen (secondary N) is 1. The standard InChI is InChI=1S/C16H23NO5S/c1-11(2)10-14(18)15(19)17-13(16(20)21)8-9-23(22)12-6-4-3-5-7-12/h3-7,11,13-14,18H,8-10H2,1-2H3,(H,17,19)(H,20,21)/t13-,14+,23+/m1/s1. The van der Waals surface area contributed by atoms with Crippen LogP contribution in [0.3, 0.4) is 0 Å². The molecule has 0 saturated carbocycles. The van der Waals surface area contributed by atoms with E-state index < -0.39 is 34.8 Å². The zero-order chi connectivity index (χ0) is 17.4. The maximum absolute atomic E-state index is 12.1. The average Bonchev–Trinajstić information content (AvgIpc) is 2.50. The minimum Gasteiger partial charge on any atom is -0.480 e. The number of benzene rings is 1. The highest BCUT2D eigenvalue weighted by molar-refractivity contribution is 7.85. The van der Waals surface area contributed by atoms with Crippen molar-refractivity contribution in [2.24, 2.45) is 5.92 Å². The van der Waals surface area contributed by atoms with Gasteiger partial charge in [0.15, 0.2) is 0 Å². The van der Waals surface area contributed by atoms with Crippen LogP contribution in [0.4, 0.5) is 0 Å². The lowest BCUT2D eigenvalue weighted by molar-refractivity contribution is -0.143. The van der Waals surface area contributed by atoms with Crippen LogP contribution in [0.5, 0.6) is 0 Å². The second kappa shape index (κ2) is 9.42. The third kappa shape index (κ3) is 6.92. The zero-order valence-electron chi connectivity index (χ0n) is 13.3. The molecule has 0 fully saturated rings. The van der Waals surface area contributed by atoms with E-state index in [0.717, 1.165) is 0 Å². The molecule has 0 aliphatic rings. The maximum atomic E-state index is 12.1. The molecule has 3 N–H and O–H groups in total. The highest BCUT2D eigenvalue weighted by Gasteiger charge is 2.25. The molecule has 7 heteroatoms. The molecule has 0 bridgehead atoms. The Hall–Kier alpha value is -1.73. The Morgan fingerprint density at radius 3 is 2.35 bits per heavy atom. The van der Waals surface area contributed by atoms with Crippen LogP contribution < -0.4 is 5.32 Å². The molecule has 0 saturated heterocycles. The molecule has 0 spiro atoms. The molecular formula is C16H23NO5S. The zero-order valence-corrected chi connectivity index (χ0v) is 14.1. The van der Waals surface area contributed by atoms with E-state index in [1.54, 1.807) is 30.3 Å². The number of aliphatic hydroxyl groups is 1. The highest BCUT2D eigenvalue weighted by Crippen LogP contribution is 2.09. The molecule has 0 aliphatic heterocycles. The van der Waals surface area contributed by atoms with Crippen molar-refractivity contribution in [3.8, 4) is 0 Å². The molecule has 1 rings (SSSR count). The van der Waals surface area contributed by atoms with Gasteiger partial charge in [-0.1, -0.05) is 32.0 Å². The smallest absolute Gasteiger partial charge is 0.326 e. The number of aliphatic carboxylic acids is 1. The summed E-state index contributed by atoms with van der Waals surface area (Å²) in [6.07, 6.45) is -0.957. The Balaban J connectivity index is 2.57. The van der Waals surface area contributed by atoms with Crippen molar-refractivity contribution in [1.29, 1.82) is 0 Å². The molecule has 6 nitrogen and oxygen atoms in total. The van der Waals surface area contributed by atoms with Gasteiger partial charge in [0, 0.05) is 10.6 Å². The first-order valence-corrected chi connectivity index (χ1v) is 8.77. The SMILES string of the molecule is CC(C)C[C@H](O)C(=O)N[C@H](CC[S@](=O)c1ccccc1)C(=O)O. The van der Waals surface area contributed by atoms with Gasteiger partial charge in [-0.25, -0.2) is 4.79 Å². The van der Waals surface area contributed by atoms with Gasteiger partial charge in [-0.05, 0) is 30.9 Å². The first kappa shape index (κ1) is 19.3. The lowest BCUT2D eigenvalue weighted by Crippen LogP contribution is -2.46. The van der Waals surface area contributed by atoms with Crippen LogP contribution in [0.1, 0.15) is 26.7 Å². The number of carboxylic acids is 1. The second-order valence-electron chi connectivity index (χ2n) is 5.70. The summed E-state index contributed by atoms with van der Waals surface area (Å²) in [5.41, 5.74) is 0. The Bertz CT molecular complexity index is 547. The summed E-state index contributed by atoms with van der Waals surface area (Å²) >= 11 is 0. The van der Waals surface area contributed by atoms with Crippen LogP contribution in [0.25, 0.3) is 0 Å². The first-order valence-electron chi connectivity index (χ1n) is 7.46. The summed E-state index contributed by atoms with van der Waals surface area (Å²) in [7, 11) is -1.33. The molecule has 0 unspecified atom stereocenters. The number of rotatable bonds is 9. The quantitative estimate of drug-likeness (QED) is 0.625. The fraction of sp³-hybridized carbons (Fsp3) is 0.500. The molecule has 23 heavy (non-hydrogen) atoms. The lowest BCUT2D eigenvalue weighted by Gasteiger charge is -2.18. The van der Waals surface area contributed by atoms with Gasteiger partial charge in [-0.15, -0.1) is 0 Å². The molecule has 1 aromatic rings. The summed E-state index contributed by atoms with van der Waals surface area (Å²) in [6.45, 7) is 3.71. The van der Waals surface area contributed by atoms with Crippen molar-refractivity contribution < 1.29 is 24.0 Å². The van der Waals surface area contributed by atoms with Gasteiger partial charge < -0.3 is 15.5 Å². The largest absolute Gasteiger partial charge is 0.480 e. The van der Waals surface area contributed by atoms with E-state index in [1.807, 2.05) is 13.8 Å². The molecule has 0 aliphatic carbocycles. The van der Waals surface area contributed by atoms with Gasteiger partial charge >= 0.3 is 5.97 Å². The van der Waals surface area contributed by atoms with E-state index in [2.05, 4.69) is 5.32 Å². The van der Waals surface area contributed by atoms with Crippen LogP contribution in [-0.2, 0) is 20.4 Å². The molecule has 3 atom stereocenters. The number of carbonyl (C=O) groups is 2. The topological polar surface area (TPSA) is 104 Å². The van der Waals surface area contributed by atoms with Gasteiger partial charge in [0.25, 0.3) is 0 Å². The van der Waals surface area contributed by atoms with E-state index in [-0.39, 0.29) is 24.5 Å². The van der Waals surface area contributed by atoms with Gasteiger partial charge in [0.2, 0.25) is 5.91 Å². The monoisotopic (exact) mass is 341 g/mol. The van der Waals surface area contributed by atoms with Crippen molar-refractivity contribution >= 4 is 22.7 Å². The number of carboxylic acid groups (broad SMARTS) is 1. The average molecular weight is 341 g/mol. The van der Waals surface area contributed by atoms with E-state index in [4.69, 9.17) is 0 Å². The Morgan fingerprint density at radius 1 is 1.22 bits per heavy atom. The summed E-state index contributed by atoms with van der Waals surface area (Å²) < 4.78 is 12.1. The van der Waals surface area contributed by atoms with E-state index in [9.17, 15) is 24.0 Å². The van der Waals surface area contributed by atoms with Crippen LogP contribution in [-0.4, -0.2) is 44.2 Å². The minimum atomic E-state index is -1.33. The van der Waals surface area contributed by atoms with E-state index >= 15 is 0 Å². The predicted octanol–water partition coefficient (Wildman–Crippen LogP) is 1.16. The van der Waals surface area contributed by atoms with Crippen LogP contribution in [0, 0.1) is 5.92 Å². The Labute approximate surface area is 138 Å². The summed E-state index contributed by atoms with van der Waals surface area (Å²) in [6, 6.07) is 7.56. The van der Waals surface area contributed by atoms with Crippen molar-refractivity contribution in [2.75, 3.05) is 5.75 Å². The molecule has 0 heterocycles. The van der Waals surface area contributed by atoms with E-state index in [1.165, 1.54) is 0 Å². The number of carbonyl (C=O) groups excluding carboxylic acids is 1. The number of hydrogen-bond acceptors (Lipinski definition) is 4. The summed E-state index contributed by atoms with van der Waals surface area (Å²) in [4.78, 5) is 23.7. The minimum absolute atomic E-state index is 0.0248. The highest BCUT2D eigenvalue weighted by atomic mass is 32.2. The van der Waals surface area contributed by atoms with Crippen LogP contribution in [0.2, 0.25) is 0 Å². The van der Waals surface area contributed by atoms with Gasteiger partial charge in [-0.2, -0.15) is 0 Å². The first-order chi connectivity index (χ1) is 10.8. The summed E-state index contributed by atoms with van der Waals surface area (Å²) in [5.74, 6) is -1.69. The lowest BCUT2D eigenvalue weighted by atomic mass is 10.1. The van der Waals surface area contributed by atoms with Crippen molar-refractivity contribution in [3.05, 3.63) is 30.3 Å². The number of aliphatic hydroxyl groups excluding tert-OH is 1. The molecule has 1 aromatic carbocycles. The second-order valence-corrected chi connectivity index (χ2v) is 7.27. The molecule has 0 aromatic heterocycles. The number of amides is 1. The fourth-order valence-electron chi connectivity index (χ4n) is 1.99. The number of hydrogen-bond donors (Lipinski definition) is 3. The maximum Gasteiger partial charge on any atom is 0.326 e. The molecular weight excluding hydrogens is 318 g/mol. The van der Waals surface area contributed by atoms with Crippen LogP contribution in [0.15, 0.2) is 35.2 Å². The van der Waals surface area contributed by atoms with Crippen LogP contribution >= 0.6 is 0 Å². The van der Waals surface area contributed by atoms with Crippen molar-refractivity contribution in [1.82, 2.24) is 5.32 Å². The van der Waals surface area contributed by atoms with Gasteiger partial charge in [-0.3, -0.25) is 9.00 Å². The third-order valence-corrected chi connectivity index (χ3v) is 4.61. The summed E-state index contributed by atoms with van der Waals surface area (Å²) in [5, 5.41) is 21.2. The predicted molar refractivity (Wildman–Crippen MR) is 87.4 cm³/mol. The van der Waals surface area contributed by atoms with Gasteiger partial charge in [0.1, 0.15) is 12.1 Å². The molecule has 128 valence electrons. The third-order valence-electron chi connectivity index (χ3n) is 3.21. The van der Waals surface area contributed by atoms with E-state index in [0.29, 0.717) is 4.90 Å². The molecule has 1 amide bonds.